The van der Waals surface area contributed by atoms with Crippen LogP contribution < -0.4 is 5.32 Å². The van der Waals surface area contributed by atoms with Gasteiger partial charge in [0, 0.05) is 31.5 Å². The summed E-state index contributed by atoms with van der Waals surface area (Å²) in [6.45, 7) is 2.56. The van der Waals surface area contributed by atoms with Crippen LogP contribution in [0, 0.1) is 5.92 Å². The van der Waals surface area contributed by atoms with Crippen LogP contribution in [0.3, 0.4) is 0 Å². The third-order valence-electron chi connectivity index (χ3n) is 6.09. The largest absolute Gasteiger partial charge is 0.380 e. The number of likely N-dealkylation sites (N-methyl/N-ethyl adjacent to an activating group) is 1. The first kappa shape index (κ1) is 22.4. The number of anilines is 2. The first-order valence-electron chi connectivity index (χ1n) is 10.7. The van der Waals surface area contributed by atoms with E-state index in [9.17, 15) is 4.79 Å². The molecule has 0 bridgehead atoms. The molecular weight excluding hydrogens is 480 g/mol. The molecule has 0 spiro atoms. The van der Waals surface area contributed by atoms with Gasteiger partial charge in [0.2, 0.25) is 5.91 Å². The molecule has 2 atom stereocenters. The van der Waals surface area contributed by atoms with Crippen LogP contribution in [0.15, 0.2) is 18.5 Å². The second kappa shape index (κ2) is 9.09. The number of aryl methyl sites for hydroxylation is 1. The van der Waals surface area contributed by atoms with Gasteiger partial charge in [0.1, 0.15) is 22.5 Å². The monoisotopic (exact) mass is 502 g/mol. The zero-order valence-electron chi connectivity index (χ0n) is 18.5. The number of fused-ring (bicyclic) bond motifs is 4. The number of nitrogens with one attached hydrogen (secondary N) is 1. The van der Waals surface area contributed by atoms with Crippen LogP contribution in [0.4, 0.5) is 11.5 Å². The van der Waals surface area contributed by atoms with Gasteiger partial charge in [-0.05, 0) is 55.4 Å². The number of amides is 1. The Hall–Kier alpha value is -2.40. The molecule has 0 aliphatic heterocycles. The summed E-state index contributed by atoms with van der Waals surface area (Å²) < 4.78 is 10.3. The molecule has 0 fully saturated rings. The van der Waals surface area contributed by atoms with E-state index in [0.717, 1.165) is 51.2 Å². The third-order valence-corrected chi connectivity index (χ3v) is 8.26. The molecule has 3 heterocycles. The van der Waals surface area contributed by atoms with E-state index in [-0.39, 0.29) is 17.9 Å². The number of nitrogens with zero attached hydrogens (tertiary/aromatic N) is 5. The SMILES string of the molecule is CO[C@H](C)CN(C)C(=O)[C@H]1CCc2c(sc3ncnc(Nc4cc5snnc5cc4Cl)c23)C1. The molecule has 4 aromatic rings. The van der Waals surface area contributed by atoms with Crippen molar-refractivity contribution in [2.24, 2.45) is 5.92 Å². The van der Waals surface area contributed by atoms with E-state index in [0.29, 0.717) is 11.6 Å². The second-order valence-corrected chi connectivity index (χ2v) is 10.6. The molecule has 0 saturated heterocycles. The zero-order chi connectivity index (χ0) is 23.1. The van der Waals surface area contributed by atoms with Gasteiger partial charge < -0.3 is 15.0 Å². The smallest absolute Gasteiger partial charge is 0.225 e. The molecule has 1 N–H and O–H groups in total. The number of benzene rings is 1. The Morgan fingerprint density at radius 2 is 2.24 bits per heavy atom. The molecule has 0 radical (unpaired) electrons. The Labute approximate surface area is 204 Å². The molecule has 0 unspecified atom stereocenters. The summed E-state index contributed by atoms with van der Waals surface area (Å²) >= 11 is 9.46. The molecule has 1 aromatic carbocycles. The van der Waals surface area contributed by atoms with Gasteiger partial charge in [0.15, 0.2) is 0 Å². The number of aromatic nitrogens is 4. The topological polar surface area (TPSA) is 93.1 Å². The second-order valence-electron chi connectivity index (χ2n) is 8.31. The van der Waals surface area contributed by atoms with E-state index in [1.807, 2.05) is 20.0 Å². The van der Waals surface area contributed by atoms with E-state index < -0.39 is 0 Å². The van der Waals surface area contributed by atoms with Crippen LogP contribution in [-0.4, -0.2) is 57.2 Å². The van der Waals surface area contributed by atoms with Crippen LogP contribution in [0.1, 0.15) is 23.8 Å². The molecule has 1 aliphatic carbocycles. The van der Waals surface area contributed by atoms with Crippen LogP contribution in [0.2, 0.25) is 5.02 Å². The van der Waals surface area contributed by atoms with Gasteiger partial charge in [0.05, 0.1) is 26.9 Å². The summed E-state index contributed by atoms with van der Waals surface area (Å²) in [4.78, 5) is 26.0. The van der Waals surface area contributed by atoms with Crippen molar-refractivity contribution in [2.45, 2.75) is 32.3 Å². The number of rotatable bonds is 6. The first-order valence-corrected chi connectivity index (χ1v) is 12.6. The number of hydrogen-bond acceptors (Lipinski definition) is 9. The van der Waals surface area contributed by atoms with E-state index in [2.05, 4.69) is 24.9 Å². The molecule has 11 heteroatoms. The van der Waals surface area contributed by atoms with Crippen LogP contribution in [0.25, 0.3) is 20.4 Å². The van der Waals surface area contributed by atoms with Crippen molar-refractivity contribution in [2.75, 3.05) is 26.0 Å². The lowest BCUT2D eigenvalue weighted by Crippen LogP contribution is -2.39. The minimum atomic E-state index is -0.0281. The molecular formula is C22H23ClN6O2S2. The number of thiophene rings is 1. The van der Waals surface area contributed by atoms with Gasteiger partial charge in [-0.3, -0.25) is 4.79 Å². The predicted octanol–water partition coefficient (Wildman–Crippen LogP) is 4.69. The standard InChI is InChI=1S/C22H23ClN6O2S2/c1-11(31-3)9-29(2)22(30)12-4-5-13-17(6-12)32-21-19(13)20(24-10-25-21)26-15-8-18-16(7-14(15)23)27-28-33-18/h7-8,10-12H,4-6,9H2,1-3H3,(H,24,25,26)/t11-,12+/m1/s1. The normalized spacial score (nSPS) is 16.7. The maximum absolute atomic E-state index is 13.0. The summed E-state index contributed by atoms with van der Waals surface area (Å²) in [7, 11) is 3.52. The Morgan fingerprint density at radius 1 is 1.39 bits per heavy atom. The van der Waals surface area contributed by atoms with E-state index in [1.165, 1.54) is 22.0 Å². The van der Waals surface area contributed by atoms with E-state index in [1.54, 1.807) is 35.7 Å². The van der Waals surface area contributed by atoms with Gasteiger partial charge >= 0.3 is 0 Å². The number of hydrogen-bond donors (Lipinski definition) is 1. The van der Waals surface area contributed by atoms with Gasteiger partial charge in [-0.25, -0.2) is 9.97 Å². The van der Waals surface area contributed by atoms with Crippen molar-refractivity contribution in [1.82, 2.24) is 24.5 Å². The van der Waals surface area contributed by atoms with Crippen molar-refractivity contribution in [3.63, 3.8) is 0 Å². The Balaban J connectivity index is 1.43. The maximum atomic E-state index is 13.0. The fourth-order valence-electron chi connectivity index (χ4n) is 4.30. The highest BCUT2D eigenvalue weighted by atomic mass is 35.5. The van der Waals surface area contributed by atoms with Gasteiger partial charge in [-0.15, -0.1) is 16.4 Å². The Kier molecular flexibility index (Phi) is 6.17. The van der Waals surface area contributed by atoms with Crippen LogP contribution >= 0.6 is 34.5 Å². The number of methoxy groups -OCH3 is 1. The number of halogens is 1. The first-order chi connectivity index (χ1) is 15.9. The zero-order valence-corrected chi connectivity index (χ0v) is 20.9. The summed E-state index contributed by atoms with van der Waals surface area (Å²) in [6, 6.07) is 3.75. The Bertz CT molecular complexity index is 1340. The molecule has 0 saturated carbocycles. The lowest BCUT2D eigenvalue weighted by Gasteiger charge is -2.28. The molecule has 1 aliphatic rings. The summed E-state index contributed by atoms with van der Waals surface area (Å²) in [5.74, 6) is 0.872. The quantitative estimate of drug-likeness (QED) is 0.408. The number of carbonyl (C=O) groups is 1. The van der Waals surface area contributed by atoms with Gasteiger partial charge in [0.25, 0.3) is 0 Å². The third kappa shape index (κ3) is 4.28. The molecule has 3 aromatic heterocycles. The average Bonchev–Trinajstić information content (AvgIpc) is 3.42. The van der Waals surface area contributed by atoms with Gasteiger partial charge in [-0.2, -0.15) is 0 Å². The minimum Gasteiger partial charge on any atom is -0.380 e. The average molecular weight is 503 g/mol. The Morgan fingerprint density at radius 3 is 3.06 bits per heavy atom. The number of ether oxygens (including phenoxy) is 1. The highest BCUT2D eigenvalue weighted by Gasteiger charge is 2.31. The lowest BCUT2D eigenvalue weighted by molar-refractivity contribution is -0.135. The maximum Gasteiger partial charge on any atom is 0.225 e. The summed E-state index contributed by atoms with van der Waals surface area (Å²) in [5, 5.41) is 9.05. The molecule has 8 nitrogen and oxygen atoms in total. The lowest BCUT2D eigenvalue weighted by atomic mass is 9.87. The minimum absolute atomic E-state index is 0.0121. The van der Waals surface area contributed by atoms with Crippen LogP contribution in [0.5, 0.6) is 0 Å². The highest BCUT2D eigenvalue weighted by molar-refractivity contribution is 7.19. The fourth-order valence-corrected chi connectivity index (χ4v) is 6.36. The number of carbonyl (C=O) groups excluding carboxylic acids is 1. The fraction of sp³-hybridized carbons (Fsp3) is 0.409. The van der Waals surface area contributed by atoms with E-state index in [4.69, 9.17) is 16.3 Å². The van der Waals surface area contributed by atoms with Crippen molar-refractivity contribution in [1.29, 1.82) is 0 Å². The summed E-state index contributed by atoms with van der Waals surface area (Å²) in [6.07, 6.45) is 3.91. The van der Waals surface area contributed by atoms with Crippen molar-refractivity contribution in [3.8, 4) is 0 Å². The van der Waals surface area contributed by atoms with Crippen LogP contribution in [-0.2, 0) is 22.4 Å². The van der Waals surface area contributed by atoms with Crippen molar-refractivity contribution < 1.29 is 9.53 Å². The molecule has 1 amide bonds. The predicted molar refractivity (Wildman–Crippen MR) is 133 cm³/mol. The molecule has 172 valence electrons. The highest BCUT2D eigenvalue weighted by Crippen LogP contribution is 2.41. The molecule has 33 heavy (non-hydrogen) atoms. The van der Waals surface area contributed by atoms with Crippen molar-refractivity contribution >= 4 is 72.3 Å². The summed E-state index contributed by atoms with van der Waals surface area (Å²) in [5.41, 5.74) is 2.76. The van der Waals surface area contributed by atoms with E-state index >= 15 is 0 Å². The molecule has 5 rings (SSSR count). The van der Waals surface area contributed by atoms with Gasteiger partial charge in [-0.1, -0.05) is 16.1 Å². The van der Waals surface area contributed by atoms with Crippen molar-refractivity contribution in [3.05, 3.63) is 33.9 Å².